The molecule has 1 saturated heterocycles. The molecule has 0 saturated carbocycles. The quantitative estimate of drug-likeness (QED) is 0.783. The average molecular weight is 330 g/mol. The summed E-state index contributed by atoms with van der Waals surface area (Å²) in [7, 11) is 0. The Hall–Kier alpha value is -1.92. The number of benzene rings is 1. The number of aromatic nitrogens is 2. The molecule has 130 valence electrons. The van der Waals surface area contributed by atoms with Crippen LogP contribution in [0.5, 0.6) is 0 Å². The first-order valence-electron chi connectivity index (χ1n) is 8.71. The molecule has 1 aliphatic rings. The maximum Gasteiger partial charge on any atom is 0.221 e. The molecule has 1 aromatic carbocycles. The number of carbonyl (C=O) groups excluding carboxylic acids is 1. The molecule has 24 heavy (non-hydrogen) atoms. The third-order valence-corrected chi connectivity index (χ3v) is 4.43. The zero-order valence-electron chi connectivity index (χ0n) is 14.3. The van der Waals surface area contributed by atoms with Crippen molar-refractivity contribution in [2.45, 2.75) is 26.3 Å². The molecule has 0 unspecified atom stereocenters. The van der Waals surface area contributed by atoms with E-state index in [-0.39, 0.29) is 5.91 Å². The lowest BCUT2D eigenvalue weighted by atomic mass is 10.2. The van der Waals surface area contributed by atoms with Crippen molar-refractivity contribution < 1.29 is 9.53 Å². The summed E-state index contributed by atoms with van der Waals surface area (Å²) in [6.45, 7) is 8.08. The first kappa shape index (κ1) is 16.9. The summed E-state index contributed by atoms with van der Waals surface area (Å²) >= 11 is 0. The lowest BCUT2D eigenvalue weighted by molar-refractivity contribution is -0.121. The lowest BCUT2D eigenvalue weighted by Crippen LogP contribution is -2.38. The normalized spacial score (nSPS) is 15.7. The summed E-state index contributed by atoms with van der Waals surface area (Å²) in [5.74, 6) is 0.0910. The number of nitrogens with one attached hydrogen (secondary N) is 1. The van der Waals surface area contributed by atoms with Crippen molar-refractivity contribution in [3.05, 3.63) is 30.0 Å². The monoisotopic (exact) mass is 330 g/mol. The highest BCUT2D eigenvalue weighted by Gasteiger charge is 2.10. The maximum atomic E-state index is 12.0. The van der Waals surface area contributed by atoms with Crippen LogP contribution in [-0.4, -0.2) is 60.0 Å². The van der Waals surface area contributed by atoms with E-state index in [0.717, 1.165) is 56.7 Å². The van der Waals surface area contributed by atoms with E-state index in [2.05, 4.69) is 40.4 Å². The Bertz CT molecular complexity index is 677. The smallest absolute Gasteiger partial charge is 0.221 e. The highest BCUT2D eigenvalue weighted by molar-refractivity contribution is 5.80. The second-order valence-electron chi connectivity index (χ2n) is 6.34. The van der Waals surface area contributed by atoms with E-state index in [0.29, 0.717) is 13.0 Å². The molecule has 0 bridgehead atoms. The summed E-state index contributed by atoms with van der Waals surface area (Å²) in [6, 6.07) is 6.26. The van der Waals surface area contributed by atoms with Gasteiger partial charge in [0, 0.05) is 31.4 Å². The van der Waals surface area contributed by atoms with Crippen LogP contribution in [0.4, 0.5) is 0 Å². The van der Waals surface area contributed by atoms with Gasteiger partial charge in [-0.25, -0.2) is 0 Å². The van der Waals surface area contributed by atoms with Gasteiger partial charge in [0.05, 0.1) is 31.5 Å². The van der Waals surface area contributed by atoms with Crippen molar-refractivity contribution in [2.24, 2.45) is 0 Å². The third kappa shape index (κ3) is 4.55. The molecule has 6 heteroatoms. The number of morpholine rings is 1. The highest BCUT2D eigenvalue weighted by Crippen LogP contribution is 2.15. The van der Waals surface area contributed by atoms with E-state index in [1.807, 2.05) is 10.9 Å². The molecule has 0 aliphatic carbocycles. The summed E-state index contributed by atoms with van der Waals surface area (Å²) in [5, 5.41) is 8.51. The van der Waals surface area contributed by atoms with Gasteiger partial charge in [-0.15, -0.1) is 0 Å². The van der Waals surface area contributed by atoms with E-state index >= 15 is 0 Å². The van der Waals surface area contributed by atoms with Gasteiger partial charge in [0.15, 0.2) is 0 Å². The molecule has 0 atom stereocenters. The van der Waals surface area contributed by atoms with Crippen LogP contribution in [-0.2, 0) is 16.1 Å². The summed E-state index contributed by atoms with van der Waals surface area (Å²) < 4.78 is 7.24. The van der Waals surface area contributed by atoms with Crippen LogP contribution in [0.2, 0.25) is 0 Å². The molecule has 0 radical (unpaired) electrons. The fourth-order valence-corrected chi connectivity index (χ4v) is 3.01. The van der Waals surface area contributed by atoms with E-state index in [1.54, 1.807) is 0 Å². The largest absolute Gasteiger partial charge is 0.379 e. The lowest BCUT2D eigenvalue weighted by Gasteiger charge is -2.26. The second-order valence-corrected chi connectivity index (χ2v) is 6.34. The molecular formula is C18H26N4O2. The van der Waals surface area contributed by atoms with Gasteiger partial charge in [0.25, 0.3) is 0 Å². The fourth-order valence-electron chi connectivity index (χ4n) is 3.01. The van der Waals surface area contributed by atoms with Crippen LogP contribution >= 0.6 is 0 Å². The summed E-state index contributed by atoms with van der Waals surface area (Å²) in [6.07, 6.45) is 3.30. The molecule has 1 N–H and O–H groups in total. The van der Waals surface area contributed by atoms with Crippen LogP contribution in [0.3, 0.4) is 0 Å². The zero-order valence-corrected chi connectivity index (χ0v) is 14.3. The Morgan fingerprint density at radius 3 is 2.96 bits per heavy atom. The SMILES string of the molecule is Cc1ccc2cnn(CCC(=O)NCCCN3CCOCC3)c2c1. The van der Waals surface area contributed by atoms with Crippen molar-refractivity contribution in [1.82, 2.24) is 20.0 Å². The predicted octanol–water partition coefficient (Wildman–Crippen LogP) is 1.57. The summed E-state index contributed by atoms with van der Waals surface area (Å²) in [5.41, 5.74) is 2.30. The van der Waals surface area contributed by atoms with Crippen molar-refractivity contribution >= 4 is 16.8 Å². The number of nitrogens with zero attached hydrogens (tertiary/aromatic N) is 3. The topological polar surface area (TPSA) is 59.4 Å². The summed E-state index contributed by atoms with van der Waals surface area (Å²) in [4.78, 5) is 14.4. The van der Waals surface area contributed by atoms with Gasteiger partial charge in [0.2, 0.25) is 5.91 Å². The van der Waals surface area contributed by atoms with Crippen LogP contribution in [0.25, 0.3) is 10.9 Å². The van der Waals surface area contributed by atoms with Gasteiger partial charge in [0.1, 0.15) is 0 Å². The second kappa shape index (κ2) is 8.26. The fraction of sp³-hybridized carbons (Fsp3) is 0.556. The van der Waals surface area contributed by atoms with Gasteiger partial charge in [-0.1, -0.05) is 12.1 Å². The third-order valence-electron chi connectivity index (χ3n) is 4.43. The molecular weight excluding hydrogens is 304 g/mol. The van der Waals surface area contributed by atoms with Crippen LogP contribution in [0, 0.1) is 6.92 Å². The van der Waals surface area contributed by atoms with Gasteiger partial charge >= 0.3 is 0 Å². The van der Waals surface area contributed by atoms with E-state index in [9.17, 15) is 4.79 Å². The molecule has 1 aliphatic heterocycles. The molecule has 2 aromatic rings. The van der Waals surface area contributed by atoms with Crippen molar-refractivity contribution in [2.75, 3.05) is 39.4 Å². The number of fused-ring (bicyclic) bond motifs is 1. The van der Waals surface area contributed by atoms with E-state index < -0.39 is 0 Å². The Morgan fingerprint density at radius 1 is 1.29 bits per heavy atom. The van der Waals surface area contributed by atoms with Crippen molar-refractivity contribution in [1.29, 1.82) is 0 Å². The molecule has 6 nitrogen and oxygen atoms in total. The Balaban J connectivity index is 1.38. The van der Waals surface area contributed by atoms with Gasteiger partial charge in [-0.3, -0.25) is 14.4 Å². The average Bonchev–Trinajstić information content (AvgIpc) is 3.00. The minimum absolute atomic E-state index is 0.0910. The van der Waals surface area contributed by atoms with Crippen molar-refractivity contribution in [3.63, 3.8) is 0 Å². The minimum Gasteiger partial charge on any atom is -0.379 e. The predicted molar refractivity (Wildman–Crippen MR) is 94.0 cm³/mol. The number of ether oxygens (including phenoxy) is 1. The number of hydrogen-bond acceptors (Lipinski definition) is 4. The number of amides is 1. The van der Waals surface area contributed by atoms with Crippen molar-refractivity contribution in [3.8, 4) is 0 Å². The maximum absolute atomic E-state index is 12.0. The van der Waals surface area contributed by atoms with Gasteiger partial charge in [-0.2, -0.15) is 5.10 Å². The molecule has 2 heterocycles. The number of carbonyl (C=O) groups is 1. The van der Waals surface area contributed by atoms with Crippen LogP contribution in [0.1, 0.15) is 18.4 Å². The number of hydrogen-bond donors (Lipinski definition) is 1. The van der Waals surface area contributed by atoms with E-state index in [1.165, 1.54) is 5.56 Å². The standard InChI is InChI=1S/C18H26N4O2/c1-15-3-4-16-14-20-22(17(16)13-15)8-5-18(23)19-6-2-7-21-9-11-24-12-10-21/h3-4,13-14H,2,5-12H2,1H3,(H,19,23). The molecule has 1 amide bonds. The molecule has 3 rings (SSSR count). The zero-order chi connectivity index (χ0) is 16.8. The first-order chi connectivity index (χ1) is 11.7. The molecule has 1 fully saturated rings. The van der Waals surface area contributed by atoms with Crippen LogP contribution < -0.4 is 5.32 Å². The molecule has 1 aromatic heterocycles. The Morgan fingerprint density at radius 2 is 2.12 bits per heavy atom. The number of aryl methyl sites for hydroxylation is 2. The first-order valence-corrected chi connectivity index (χ1v) is 8.71. The van der Waals surface area contributed by atoms with Crippen LogP contribution in [0.15, 0.2) is 24.4 Å². The minimum atomic E-state index is 0.0910. The highest BCUT2D eigenvalue weighted by atomic mass is 16.5. The van der Waals surface area contributed by atoms with Gasteiger partial charge in [-0.05, 0) is 31.5 Å². The van der Waals surface area contributed by atoms with Gasteiger partial charge < -0.3 is 10.1 Å². The molecule has 0 spiro atoms. The van der Waals surface area contributed by atoms with E-state index in [4.69, 9.17) is 4.74 Å². The Labute approximate surface area is 142 Å². The number of rotatable bonds is 7. The Kier molecular flexibility index (Phi) is 5.82.